The standard InChI is InChI=1S/C22H26N4OS2/c1-15-5-8-18(9-6-15)12-28-13-20-24-25-22(26(20)4)29-14-21(27)23-19-10-7-16(2)17(3)11-19/h5-11H,12-14H2,1-4H3,(H,23,27). The van der Waals surface area contributed by atoms with Crippen LogP contribution < -0.4 is 5.32 Å². The minimum atomic E-state index is -0.0449. The maximum absolute atomic E-state index is 12.3. The molecule has 0 aliphatic rings. The molecule has 0 radical (unpaired) electrons. The molecule has 0 atom stereocenters. The smallest absolute Gasteiger partial charge is 0.234 e. The highest BCUT2D eigenvalue weighted by molar-refractivity contribution is 7.99. The number of nitrogens with one attached hydrogen (secondary N) is 1. The van der Waals surface area contributed by atoms with E-state index in [9.17, 15) is 4.79 Å². The molecule has 0 aliphatic heterocycles. The number of nitrogens with zero attached hydrogens (tertiary/aromatic N) is 3. The molecule has 3 rings (SSSR count). The van der Waals surface area contributed by atoms with E-state index >= 15 is 0 Å². The summed E-state index contributed by atoms with van der Waals surface area (Å²) in [6.07, 6.45) is 0. The number of aromatic nitrogens is 3. The van der Waals surface area contributed by atoms with Crippen molar-refractivity contribution in [3.63, 3.8) is 0 Å². The first-order valence-corrected chi connectivity index (χ1v) is 11.6. The Morgan fingerprint density at radius 1 is 1.00 bits per heavy atom. The fourth-order valence-electron chi connectivity index (χ4n) is 2.69. The van der Waals surface area contributed by atoms with Gasteiger partial charge in [-0.25, -0.2) is 0 Å². The molecule has 29 heavy (non-hydrogen) atoms. The molecule has 7 heteroatoms. The van der Waals surface area contributed by atoms with E-state index in [1.165, 1.54) is 28.5 Å². The second kappa shape index (κ2) is 9.98. The van der Waals surface area contributed by atoms with Gasteiger partial charge in [0.25, 0.3) is 0 Å². The summed E-state index contributed by atoms with van der Waals surface area (Å²) in [4.78, 5) is 12.3. The number of anilines is 1. The van der Waals surface area contributed by atoms with Crippen molar-refractivity contribution in [3.8, 4) is 0 Å². The van der Waals surface area contributed by atoms with Gasteiger partial charge in [0.05, 0.1) is 11.5 Å². The van der Waals surface area contributed by atoms with Crippen molar-refractivity contribution in [1.29, 1.82) is 0 Å². The third kappa shape index (κ3) is 6.11. The Labute approximate surface area is 180 Å². The summed E-state index contributed by atoms with van der Waals surface area (Å²) in [6, 6.07) is 14.5. The minimum Gasteiger partial charge on any atom is -0.325 e. The molecule has 152 valence electrons. The third-order valence-electron chi connectivity index (χ3n) is 4.67. The Morgan fingerprint density at radius 2 is 1.76 bits per heavy atom. The molecule has 2 aromatic carbocycles. The van der Waals surface area contributed by atoms with Gasteiger partial charge >= 0.3 is 0 Å². The normalized spacial score (nSPS) is 10.9. The van der Waals surface area contributed by atoms with Gasteiger partial charge in [-0.3, -0.25) is 4.79 Å². The predicted molar refractivity (Wildman–Crippen MR) is 122 cm³/mol. The van der Waals surface area contributed by atoms with Crippen molar-refractivity contribution in [2.75, 3.05) is 11.1 Å². The van der Waals surface area contributed by atoms with Gasteiger partial charge in [-0.1, -0.05) is 47.7 Å². The topological polar surface area (TPSA) is 59.8 Å². The number of amides is 1. The molecular weight excluding hydrogens is 400 g/mol. The first-order chi connectivity index (χ1) is 13.9. The van der Waals surface area contributed by atoms with Gasteiger partial charge in [0.15, 0.2) is 5.16 Å². The highest BCUT2D eigenvalue weighted by Gasteiger charge is 2.12. The van der Waals surface area contributed by atoms with Crippen LogP contribution in [-0.4, -0.2) is 26.4 Å². The van der Waals surface area contributed by atoms with E-state index < -0.39 is 0 Å². The lowest BCUT2D eigenvalue weighted by Gasteiger charge is -2.08. The van der Waals surface area contributed by atoms with Crippen molar-refractivity contribution < 1.29 is 4.79 Å². The summed E-state index contributed by atoms with van der Waals surface area (Å²) in [7, 11) is 1.95. The maximum atomic E-state index is 12.3. The quantitative estimate of drug-likeness (QED) is 0.519. The van der Waals surface area contributed by atoms with E-state index in [-0.39, 0.29) is 5.91 Å². The van der Waals surface area contributed by atoms with E-state index in [1.807, 2.05) is 48.5 Å². The average molecular weight is 427 g/mol. The summed E-state index contributed by atoms with van der Waals surface area (Å²) < 4.78 is 1.97. The highest BCUT2D eigenvalue weighted by Crippen LogP contribution is 2.21. The van der Waals surface area contributed by atoms with E-state index in [2.05, 4.69) is 53.6 Å². The number of thioether (sulfide) groups is 2. The summed E-state index contributed by atoms with van der Waals surface area (Å²) in [5, 5.41) is 12.2. The largest absolute Gasteiger partial charge is 0.325 e. The molecule has 0 bridgehead atoms. The first-order valence-electron chi connectivity index (χ1n) is 9.44. The van der Waals surface area contributed by atoms with Crippen molar-refractivity contribution >= 4 is 35.1 Å². The Balaban J connectivity index is 1.47. The number of hydrogen-bond acceptors (Lipinski definition) is 5. The van der Waals surface area contributed by atoms with Gasteiger partial charge in [-0.2, -0.15) is 0 Å². The van der Waals surface area contributed by atoms with Crippen molar-refractivity contribution in [2.45, 2.75) is 37.4 Å². The number of carbonyl (C=O) groups is 1. The molecule has 1 N–H and O–H groups in total. The zero-order valence-electron chi connectivity index (χ0n) is 17.2. The molecule has 0 spiro atoms. The predicted octanol–water partition coefficient (Wildman–Crippen LogP) is 4.90. The first kappa shape index (κ1) is 21.5. The fraction of sp³-hybridized carbons (Fsp3) is 0.318. The van der Waals surface area contributed by atoms with Crippen LogP contribution in [0.2, 0.25) is 0 Å². The molecule has 0 aliphatic carbocycles. The Hall–Kier alpha value is -2.25. The van der Waals surface area contributed by atoms with Crippen molar-refractivity contribution in [1.82, 2.24) is 14.8 Å². The Morgan fingerprint density at radius 3 is 2.48 bits per heavy atom. The van der Waals surface area contributed by atoms with Gasteiger partial charge in [0.1, 0.15) is 5.82 Å². The van der Waals surface area contributed by atoms with Gasteiger partial charge in [-0.15, -0.1) is 22.0 Å². The Kier molecular flexibility index (Phi) is 7.39. The number of hydrogen-bond donors (Lipinski definition) is 1. The van der Waals surface area contributed by atoms with E-state index in [0.717, 1.165) is 33.7 Å². The summed E-state index contributed by atoms with van der Waals surface area (Å²) in [5.41, 5.74) is 5.78. The van der Waals surface area contributed by atoms with Gasteiger partial charge < -0.3 is 9.88 Å². The zero-order chi connectivity index (χ0) is 20.8. The Bertz CT molecular complexity index is 983. The zero-order valence-corrected chi connectivity index (χ0v) is 18.9. The third-order valence-corrected chi connectivity index (χ3v) is 6.69. The van der Waals surface area contributed by atoms with Crippen LogP contribution in [0.1, 0.15) is 28.1 Å². The van der Waals surface area contributed by atoms with Crippen LogP contribution in [0, 0.1) is 20.8 Å². The van der Waals surface area contributed by atoms with Crippen LogP contribution in [0.3, 0.4) is 0 Å². The highest BCUT2D eigenvalue weighted by atomic mass is 32.2. The second-order valence-corrected chi connectivity index (χ2v) is 9.00. The average Bonchev–Trinajstić information content (AvgIpc) is 3.04. The molecular formula is C22H26N4OS2. The molecule has 0 fully saturated rings. The maximum Gasteiger partial charge on any atom is 0.234 e. The fourth-order valence-corrected chi connectivity index (χ4v) is 4.38. The molecule has 3 aromatic rings. The van der Waals surface area contributed by atoms with E-state index in [1.54, 1.807) is 0 Å². The number of benzene rings is 2. The van der Waals surface area contributed by atoms with Crippen LogP contribution in [0.25, 0.3) is 0 Å². The number of aryl methyl sites for hydroxylation is 3. The molecule has 1 heterocycles. The van der Waals surface area contributed by atoms with Crippen LogP contribution in [0.15, 0.2) is 47.6 Å². The molecule has 1 aromatic heterocycles. The van der Waals surface area contributed by atoms with Crippen molar-refractivity contribution in [3.05, 3.63) is 70.5 Å². The minimum absolute atomic E-state index is 0.0449. The lowest BCUT2D eigenvalue weighted by Crippen LogP contribution is -2.14. The lowest BCUT2D eigenvalue weighted by atomic mass is 10.1. The van der Waals surface area contributed by atoms with Crippen LogP contribution in [0.4, 0.5) is 5.69 Å². The molecule has 0 saturated carbocycles. The van der Waals surface area contributed by atoms with Gasteiger partial charge in [0.2, 0.25) is 5.91 Å². The summed E-state index contributed by atoms with van der Waals surface area (Å²) >= 11 is 3.21. The molecule has 1 amide bonds. The lowest BCUT2D eigenvalue weighted by molar-refractivity contribution is -0.113. The molecule has 0 unspecified atom stereocenters. The monoisotopic (exact) mass is 426 g/mol. The van der Waals surface area contributed by atoms with E-state index in [4.69, 9.17) is 0 Å². The summed E-state index contributed by atoms with van der Waals surface area (Å²) in [6.45, 7) is 6.19. The summed E-state index contributed by atoms with van der Waals surface area (Å²) in [5.74, 6) is 2.90. The SMILES string of the molecule is Cc1ccc(CSCc2nnc(SCC(=O)Nc3ccc(C)c(C)c3)n2C)cc1. The van der Waals surface area contributed by atoms with Crippen LogP contribution in [0.5, 0.6) is 0 Å². The number of carbonyl (C=O) groups excluding carboxylic acids is 1. The van der Waals surface area contributed by atoms with Crippen LogP contribution >= 0.6 is 23.5 Å². The second-order valence-electron chi connectivity index (χ2n) is 7.07. The van der Waals surface area contributed by atoms with Crippen LogP contribution in [-0.2, 0) is 23.3 Å². The van der Waals surface area contributed by atoms with Gasteiger partial charge in [-0.05, 0) is 49.6 Å². The molecule has 5 nitrogen and oxygen atoms in total. The number of rotatable bonds is 8. The van der Waals surface area contributed by atoms with E-state index in [0.29, 0.717) is 5.75 Å². The van der Waals surface area contributed by atoms with Gasteiger partial charge in [0, 0.05) is 18.5 Å². The molecule has 0 saturated heterocycles. The van der Waals surface area contributed by atoms with Crippen molar-refractivity contribution in [2.24, 2.45) is 7.05 Å².